The molecule has 21 heavy (non-hydrogen) atoms. The first kappa shape index (κ1) is 18.2. The molecular formula is C12H19NO6S2. The third-order valence-corrected chi connectivity index (χ3v) is 4.10. The van der Waals surface area contributed by atoms with Gasteiger partial charge in [0.15, 0.2) is 0 Å². The molecule has 1 aromatic carbocycles. The largest absolute Gasteiger partial charge is 0.371 e. The van der Waals surface area contributed by atoms with Crippen LogP contribution in [0.5, 0.6) is 0 Å². The van der Waals surface area contributed by atoms with Crippen molar-refractivity contribution in [1.82, 2.24) is 0 Å². The number of hydrogen-bond donors (Lipinski definition) is 2. The standard InChI is InChI=1S/C12H19NO6S2/c14-18-19-20-10-4-8-13(9-5-11-21(15,16)17)12-6-2-1-3-7-12/h1-3,6-7,14H,4-5,8-11H2,(H,15,16,17). The molecule has 0 saturated carbocycles. The molecule has 120 valence electrons. The van der Waals surface area contributed by atoms with Crippen LogP contribution in [0, 0.1) is 0 Å². The summed E-state index contributed by atoms with van der Waals surface area (Å²) >= 11 is 0.984. The van der Waals surface area contributed by atoms with Gasteiger partial charge >= 0.3 is 0 Å². The van der Waals surface area contributed by atoms with Gasteiger partial charge in [-0.2, -0.15) is 8.42 Å². The Balaban J connectivity index is 2.46. The highest BCUT2D eigenvalue weighted by Gasteiger charge is 2.09. The van der Waals surface area contributed by atoms with Crippen molar-refractivity contribution in [2.75, 3.05) is 29.5 Å². The van der Waals surface area contributed by atoms with Crippen LogP contribution >= 0.6 is 12.0 Å². The Kier molecular flexibility index (Phi) is 8.66. The van der Waals surface area contributed by atoms with Gasteiger partial charge < -0.3 is 4.90 Å². The van der Waals surface area contributed by atoms with E-state index in [1.54, 1.807) is 0 Å². The van der Waals surface area contributed by atoms with E-state index < -0.39 is 10.1 Å². The highest BCUT2D eigenvalue weighted by atomic mass is 32.2. The number of rotatable bonds is 11. The highest BCUT2D eigenvalue weighted by Crippen LogP contribution is 2.15. The zero-order valence-corrected chi connectivity index (χ0v) is 13.1. The topological polar surface area (TPSA) is 96.3 Å². The first-order valence-corrected chi connectivity index (χ1v) is 8.90. The van der Waals surface area contributed by atoms with Crippen molar-refractivity contribution in [2.45, 2.75) is 12.8 Å². The van der Waals surface area contributed by atoms with Crippen LogP contribution in [0.3, 0.4) is 0 Å². The molecule has 0 spiro atoms. The van der Waals surface area contributed by atoms with E-state index in [0.717, 1.165) is 24.2 Å². The second-order valence-corrected chi connectivity index (χ2v) is 6.63. The fraction of sp³-hybridized carbons (Fsp3) is 0.500. The molecule has 0 aromatic heterocycles. The van der Waals surface area contributed by atoms with E-state index in [-0.39, 0.29) is 5.75 Å². The smallest absolute Gasteiger partial charge is 0.264 e. The minimum absolute atomic E-state index is 0.257. The number of anilines is 1. The van der Waals surface area contributed by atoms with Crippen molar-refractivity contribution in [1.29, 1.82) is 0 Å². The van der Waals surface area contributed by atoms with Crippen molar-refractivity contribution in [3.8, 4) is 0 Å². The lowest BCUT2D eigenvalue weighted by Crippen LogP contribution is -2.27. The molecule has 9 heteroatoms. The SMILES string of the molecule is O=S(=O)(O)CCCN(CCCSOOO)c1ccccc1. The summed E-state index contributed by atoms with van der Waals surface area (Å²) in [6.45, 7) is 1.21. The van der Waals surface area contributed by atoms with E-state index in [1.807, 2.05) is 35.2 Å². The second kappa shape index (κ2) is 9.98. The van der Waals surface area contributed by atoms with Gasteiger partial charge in [-0.3, -0.25) is 4.55 Å². The first-order valence-electron chi connectivity index (χ1n) is 6.38. The van der Waals surface area contributed by atoms with Gasteiger partial charge in [-0.05, 0) is 25.0 Å². The summed E-state index contributed by atoms with van der Waals surface area (Å²) in [5.41, 5.74) is 0.983. The summed E-state index contributed by atoms with van der Waals surface area (Å²) in [5, 5.41) is 11.5. The summed E-state index contributed by atoms with van der Waals surface area (Å²) in [6, 6.07) is 9.59. The minimum Gasteiger partial charge on any atom is -0.371 e. The number of benzene rings is 1. The summed E-state index contributed by atoms with van der Waals surface area (Å²) in [5.74, 6) is 0.356. The molecule has 0 heterocycles. The lowest BCUT2D eigenvalue weighted by Gasteiger charge is -2.24. The van der Waals surface area contributed by atoms with Crippen LogP contribution in [0.2, 0.25) is 0 Å². The highest BCUT2D eigenvalue weighted by molar-refractivity contribution is 7.94. The predicted octanol–water partition coefficient (Wildman–Crippen LogP) is 2.23. The number of para-hydroxylation sites is 1. The maximum Gasteiger partial charge on any atom is 0.264 e. The fourth-order valence-corrected chi connectivity index (χ4v) is 2.67. The molecule has 1 aromatic rings. The van der Waals surface area contributed by atoms with Crippen molar-refractivity contribution in [3.63, 3.8) is 0 Å². The van der Waals surface area contributed by atoms with Crippen molar-refractivity contribution in [2.24, 2.45) is 0 Å². The Bertz CT molecular complexity index is 482. The minimum atomic E-state index is -3.93. The van der Waals surface area contributed by atoms with Crippen LogP contribution in [0.1, 0.15) is 12.8 Å². The molecule has 1 rings (SSSR count). The summed E-state index contributed by atoms with van der Waals surface area (Å²) in [4.78, 5) is 2.03. The van der Waals surface area contributed by atoms with Gasteiger partial charge in [-0.15, -0.1) is 4.33 Å². The van der Waals surface area contributed by atoms with E-state index in [1.165, 1.54) is 0 Å². The molecule has 0 saturated heterocycles. The molecule has 0 aliphatic rings. The van der Waals surface area contributed by atoms with E-state index in [4.69, 9.17) is 9.81 Å². The van der Waals surface area contributed by atoms with Crippen molar-refractivity contribution in [3.05, 3.63) is 30.3 Å². The van der Waals surface area contributed by atoms with Crippen LogP contribution in [0.4, 0.5) is 5.69 Å². The third kappa shape index (κ3) is 8.91. The molecule has 0 aliphatic carbocycles. The van der Waals surface area contributed by atoms with Crippen LogP contribution in [-0.4, -0.2) is 42.8 Å². The van der Waals surface area contributed by atoms with E-state index in [2.05, 4.69) is 9.37 Å². The Morgan fingerprint density at radius 3 is 2.43 bits per heavy atom. The fourth-order valence-electron chi connectivity index (χ4n) is 1.82. The number of nitrogens with zero attached hydrogens (tertiary/aromatic N) is 1. The monoisotopic (exact) mass is 337 g/mol. The molecule has 0 radical (unpaired) electrons. The van der Waals surface area contributed by atoms with E-state index in [9.17, 15) is 8.42 Å². The van der Waals surface area contributed by atoms with E-state index in [0.29, 0.717) is 25.3 Å². The van der Waals surface area contributed by atoms with Gasteiger partial charge in [-0.25, -0.2) is 5.26 Å². The van der Waals surface area contributed by atoms with Gasteiger partial charge in [0, 0.05) is 36.6 Å². The molecule has 7 nitrogen and oxygen atoms in total. The van der Waals surface area contributed by atoms with Crippen LogP contribution < -0.4 is 4.90 Å². The Hall–Kier alpha value is -0.840. The number of hydrogen-bond acceptors (Lipinski definition) is 7. The Morgan fingerprint density at radius 2 is 1.81 bits per heavy atom. The van der Waals surface area contributed by atoms with Gasteiger partial charge in [0.1, 0.15) is 0 Å². The zero-order chi connectivity index (χ0) is 15.6. The lowest BCUT2D eigenvalue weighted by molar-refractivity contribution is -0.432. The van der Waals surface area contributed by atoms with Gasteiger partial charge in [0.2, 0.25) is 0 Å². The van der Waals surface area contributed by atoms with Crippen molar-refractivity contribution >= 4 is 27.8 Å². The molecule has 2 N–H and O–H groups in total. The molecule has 0 atom stereocenters. The average Bonchev–Trinajstić information content (AvgIpc) is 2.45. The Labute approximate surface area is 128 Å². The zero-order valence-electron chi connectivity index (χ0n) is 11.4. The third-order valence-electron chi connectivity index (χ3n) is 2.69. The summed E-state index contributed by atoms with van der Waals surface area (Å²) < 4.78 is 34.6. The molecule has 0 bridgehead atoms. The molecular weight excluding hydrogens is 318 g/mol. The molecule has 0 amide bonds. The maximum absolute atomic E-state index is 10.8. The average molecular weight is 337 g/mol. The van der Waals surface area contributed by atoms with Gasteiger partial charge in [-0.1, -0.05) is 23.2 Å². The quantitative estimate of drug-likeness (QED) is 0.209. The van der Waals surface area contributed by atoms with Crippen LogP contribution in [-0.2, 0) is 19.5 Å². The van der Waals surface area contributed by atoms with E-state index >= 15 is 0 Å². The van der Waals surface area contributed by atoms with Crippen molar-refractivity contribution < 1.29 is 27.6 Å². The van der Waals surface area contributed by atoms with Crippen LogP contribution in [0.15, 0.2) is 30.3 Å². The normalized spacial score (nSPS) is 11.5. The first-order chi connectivity index (χ1) is 10.0. The summed E-state index contributed by atoms with van der Waals surface area (Å²) in [6.07, 6.45) is 1.10. The molecule has 0 fully saturated rings. The summed E-state index contributed by atoms with van der Waals surface area (Å²) in [7, 11) is -3.93. The maximum atomic E-state index is 10.8. The van der Waals surface area contributed by atoms with Gasteiger partial charge in [0.05, 0.1) is 5.75 Å². The van der Waals surface area contributed by atoms with Crippen LogP contribution in [0.25, 0.3) is 0 Å². The van der Waals surface area contributed by atoms with Gasteiger partial charge in [0.25, 0.3) is 10.1 Å². The molecule has 0 aliphatic heterocycles. The Morgan fingerprint density at radius 1 is 1.14 bits per heavy atom. The molecule has 0 unspecified atom stereocenters. The predicted molar refractivity (Wildman–Crippen MR) is 81.6 cm³/mol. The second-order valence-electron chi connectivity index (χ2n) is 4.28. The lowest BCUT2D eigenvalue weighted by atomic mass is 10.2.